The molecule has 8 nitrogen and oxygen atoms in total. The molecule has 1 fully saturated rings. The Balaban J connectivity index is 1.59. The predicted molar refractivity (Wildman–Crippen MR) is 128 cm³/mol. The number of hydrogen-bond donors (Lipinski definition) is 0. The van der Waals surface area contributed by atoms with E-state index in [0.29, 0.717) is 31.1 Å². The number of methoxy groups -OCH3 is 1. The molecule has 0 aliphatic carbocycles. The number of amides is 1. The maximum absolute atomic E-state index is 12.4. The Labute approximate surface area is 196 Å². The van der Waals surface area contributed by atoms with Crippen LogP contribution in [0.25, 0.3) is 16.6 Å². The van der Waals surface area contributed by atoms with Crippen molar-refractivity contribution in [2.45, 2.75) is 19.4 Å². The van der Waals surface area contributed by atoms with Crippen molar-refractivity contribution in [1.82, 2.24) is 24.5 Å². The van der Waals surface area contributed by atoms with E-state index in [1.807, 2.05) is 52.6 Å². The lowest BCUT2D eigenvalue weighted by Gasteiger charge is -2.40. The first-order chi connectivity index (χ1) is 16.0. The van der Waals surface area contributed by atoms with E-state index in [1.54, 1.807) is 7.11 Å². The zero-order valence-electron chi connectivity index (χ0n) is 18.6. The molecule has 4 aromatic rings. The first kappa shape index (κ1) is 21.6. The van der Waals surface area contributed by atoms with Gasteiger partial charge in [-0.15, -0.1) is 10.2 Å². The number of fused-ring (bicyclic) bond motifs is 3. The first-order valence-electron chi connectivity index (χ1n) is 11.0. The molecule has 1 atom stereocenters. The van der Waals surface area contributed by atoms with Crippen molar-refractivity contribution in [3.63, 3.8) is 0 Å². The molecule has 0 saturated carbocycles. The maximum Gasteiger partial charge on any atom is 0.248 e. The fourth-order valence-electron chi connectivity index (χ4n) is 4.47. The van der Waals surface area contributed by atoms with Crippen molar-refractivity contribution in [2.75, 3.05) is 38.3 Å². The second-order valence-electron chi connectivity index (χ2n) is 8.33. The van der Waals surface area contributed by atoms with Gasteiger partial charge < -0.3 is 14.5 Å². The van der Waals surface area contributed by atoms with Gasteiger partial charge in [0.05, 0.1) is 5.52 Å². The van der Waals surface area contributed by atoms with Crippen LogP contribution in [0.15, 0.2) is 48.5 Å². The van der Waals surface area contributed by atoms with E-state index in [4.69, 9.17) is 21.3 Å². The van der Waals surface area contributed by atoms with Crippen LogP contribution in [-0.4, -0.2) is 69.8 Å². The number of nitrogens with zero attached hydrogens (tertiary/aromatic N) is 6. The number of anilines is 1. The molecule has 170 valence electrons. The first-order valence-corrected chi connectivity index (χ1v) is 11.3. The standard InChI is InChI=1S/C24H25ClN6O2/c1-16-14-29(10-11-30(16)22(32)15-33-2)24-26-20-13-18(25)8-9-19(20)23-28-27-21(31(23)24)12-17-6-4-3-5-7-17/h3-9,13,16H,10-12,14-15H2,1-2H3/t16-/m1/s1. The Morgan fingerprint density at radius 3 is 2.73 bits per heavy atom. The lowest BCUT2D eigenvalue weighted by molar-refractivity contribution is -0.137. The van der Waals surface area contributed by atoms with Crippen LogP contribution in [0.2, 0.25) is 5.02 Å². The fraction of sp³-hybridized carbons (Fsp3) is 0.333. The SMILES string of the molecule is COCC(=O)N1CCN(c2nc3cc(Cl)ccc3c3nnc(Cc4ccccc4)n23)C[C@H]1C. The Morgan fingerprint density at radius 1 is 1.15 bits per heavy atom. The number of benzene rings is 2. The molecule has 1 aliphatic heterocycles. The minimum Gasteiger partial charge on any atom is -0.375 e. The van der Waals surface area contributed by atoms with Gasteiger partial charge in [-0.1, -0.05) is 41.9 Å². The summed E-state index contributed by atoms with van der Waals surface area (Å²) in [7, 11) is 1.54. The number of rotatable bonds is 5. The summed E-state index contributed by atoms with van der Waals surface area (Å²) in [6, 6.07) is 15.9. The summed E-state index contributed by atoms with van der Waals surface area (Å²) in [5.41, 5.74) is 2.68. The van der Waals surface area contributed by atoms with Gasteiger partial charge in [-0.2, -0.15) is 0 Å². The second kappa shape index (κ2) is 8.96. The molecule has 1 aliphatic rings. The summed E-state index contributed by atoms with van der Waals surface area (Å²) in [5.74, 6) is 1.59. The zero-order chi connectivity index (χ0) is 22.9. The van der Waals surface area contributed by atoms with Crippen molar-refractivity contribution < 1.29 is 9.53 Å². The summed E-state index contributed by atoms with van der Waals surface area (Å²) in [6.45, 7) is 4.03. The van der Waals surface area contributed by atoms with Crippen molar-refractivity contribution >= 4 is 40.0 Å². The molecule has 1 saturated heterocycles. The van der Waals surface area contributed by atoms with E-state index >= 15 is 0 Å². The van der Waals surface area contributed by atoms with Gasteiger partial charge in [-0.3, -0.25) is 4.79 Å². The highest BCUT2D eigenvalue weighted by molar-refractivity contribution is 6.31. The van der Waals surface area contributed by atoms with Gasteiger partial charge in [0.15, 0.2) is 5.65 Å². The van der Waals surface area contributed by atoms with E-state index in [1.165, 1.54) is 0 Å². The second-order valence-corrected chi connectivity index (χ2v) is 8.76. The highest BCUT2D eigenvalue weighted by Gasteiger charge is 2.30. The number of ether oxygens (including phenoxy) is 1. The fourth-order valence-corrected chi connectivity index (χ4v) is 4.63. The Morgan fingerprint density at radius 2 is 1.97 bits per heavy atom. The van der Waals surface area contributed by atoms with E-state index in [9.17, 15) is 4.79 Å². The van der Waals surface area contributed by atoms with Gasteiger partial charge in [-0.25, -0.2) is 9.38 Å². The van der Waals surface area contributed by atoms with Gasteiger partial charge in [0.25, 0.3) is 0 Å². The zero-order valence-corrected chi connectivity index (χ0v) is 19.4. The molecule has 0 bridgehead atoms. The number of halogens is 1. The van der Waals surface area contributed by atoms with Crippen LogP contribution >= 0.6 is 11.6 Å². The largest absolute Gasteiger partial charge is 0.375 e. The summed E-state index contributed by atoms with van der Waals surface area (Å²) < 4.78 is 7.09. The lowest BCUT2D eigenvalue weighted by Crippen LogP contribution is -2.55. The molecule has 0 N–H and O–H groups in total. The summed E-state index contributed by atoms with van der Waals surface area (Å²) in [6.07, 6.45) is 0.637. The van der Waals surface area contributed by atoms with E-state index in [-0.39, 0.29) is 18.6 Å². The summed E-state index contributed by atoms with van der Waals surface area (Å²) in [5, 5.41) is 10.6. The average Bonchev–Trinajstić information content (AvgIpc) is 3.22. The monoisotopic (exact) mass is 464 g/mol. The van der Waals surface area contributed by atoms with Crippen molar-refractivity contribution in [1.29, 1.82) is 0 Å². The summed E-state index contributed by atoms with van der Waals surface area (Å²) in [4.78, 5) is 21.5. The van der Waals surface area contributed by atoms with Gasteiger partial charge in [0.2, 0.25) is 11.9 Å². The van der Waals surface area contributed by atoms with Crippen LogP contribution in [0.1, 0.15) is 18.3 Å². The quantitative estimate of drug-likeness (QED) is 0.451. The van der Waals surface area contributed by atoms with E-state index < -0.39 is 0 Å². The Bertz CT molecular complexity index is 1310. The molecular weight excluding hydrogens is 440 g/mol. The molecule has 9 heteroatoms. The molecule has 33 heavy (non-hydrogen) atoms. The number of aromatic nitrogens is 4. The smallest absolute Gasteiger partial charge is 0.248 e. The molecule has 0 radical (unpaired) electrons. The lowest BCUT2D eigenvalue weighted by atomic mass is 10.1. The van der Waals surface area contributed by atoms with Crippen LogP contribution in [0.3, 0.4) is 0 Å². The third-order valence-electron chi connectivity index (χ3n) is 6.05. The van der Waals surface area contributed by atoms with Crippen LogP contribution < -0.4 is 4.90 Å². The third-order valence-corrected chi connectivity index (χ3v) is 6.29. The Kier molecular flexibility index (Phi) is 5.86. The topological polar surface area (TPSA) is 75.9 Å². The number of hydrogen-bond acceptors (Lipinski definition) is 6. The number of carbonyl (C=O) groups is 1. The minimum atomic E-state index is 0.00196. The van der Waals surface area contributed by atoms with Crippen LogP contribution in [0.5, 0.6) is 0 Å². The van der Waals surface area contributed by atoms with Crippen LogP contribution in [-0.2, 0) is 16.0 Å². The number of piperazine rings is 1. The van der Waals surface area contributed by atoms with Crippen molar-refractivity contribution in [3.8, 4) is 0 Å². The molecule has 2 aromatic carbocycles. The maximum atomic E-state index is 12.4. The molecular formula is C24H25ClN6O2. The van der Waals surface area contributed by atoms with Crippen molar-refractivity contribution in [3.05, 3.63) is 64.9 Å². The van der Waals surface area contributed by atoms with Gasteiger partial charge in [0, 0.05) is 49.6 Å². The van der Waals surface area contributed by atoms with Gasteiger partial charge in [-0.05, 0) is 30.7 Å². The normalized spacial score (nSPS) is 16.6. The summed E-state index contributed by atoms with van der Waals surface area (Å²) >= 11 is 6.27. The van der Waals surface area contributed by atoms with Gasteiger partial charge in [0.1, 0.15) is 12.4 Å². The van der Waals surface area contributed by atoms with Crippen LogP contribution in [0, 0.1) is 0 Å². The van der Waals surface area contributed by atoms with Crippen molar-refractivity contribution in [2.24, 2.45) is 0 Å². The average molecular weight is 465 g/mol. The predicted octanol–water partition coefficient (Wildman–Crippen LogP) is 3.21. The molecule has 1 amide bonds. The molecule has 2 aromatic heterocycles. The highest BCUT2D eigenvalue weighted by atomic mass is 35.5. The molecule has 5 rings (SSSR count). The molecule has 3 heterocycles. The molecule has 0 unspecified atom stereocenters. The highest BCUT2D eigenvalue weighted by Crippen LogP contribution is 2.28. The van der Waals surface area contributed by atoms with E-state index in [2.05, 4.69) is 27.2 Å². The van der Waals surface area contributed by atoms with Crippen LogP contribution in [0.4, 0.5) is 5.95 Å². The third kappa shape index (κ3) is 4.12. The van der Waals surface area contributed by atoms with E-state index in [0.717, 1.165) is 33.9 Å². The minimum absolute atomic E-state index is 0.00196. The number of carbonyl (C=O) groups excluding carboxylic acids is 1. The Hall–Kier alpha value is -3.23. The molecule has 0 spiro atoms. The van der Waals surface area contributed by atoms with Gasteiger partial charge >= 0.3 is 0 Å².